The normalized spacial score (nSPS) is 22.4. The van der Waals surface area contributed by atoms with E-state index in [-0.39, 0.29) is 0 Å². The molecule has 2 rings (SSSR count). The van der Waals surface area contributed by atoms with Crippen LogP contribution >= 0.6 is 0 Å². The Morgan fingerprint density at radius 1 is 1.32 bits per heavy atom. The smallest absolute Gasteiger partial charge is 0.0456 e. The molecule has 0 saturated carbocycles. The van der Waals surface area contributed by atoms with Gasteiger partial charge < -0.3 is 5.11 Å². The standard InChI is InChI=1S/C17H27NO/c1-14-5-7-16(8-6-14)11-18-9-3-4-17(12-18)10-15(2)13-19/h5-8,15,17,19H,3-4,9-13H2,1-2H3. The Labute approximate surface area is 117 Å². The minimum Gasteiger partial charge on any atom is -0.396 e. The van der Waals surface area contributed by atoms with Crippen LogP contribution in [0.4, 0.5) is 0 Å². The highest BCUT2D eigenvalue weighted by Gasteiger charge is 2.21. The average Bonchev–Trinajstić information content (AvgIpc) is 2.42. The summed E-state index contributed by atoms with van der Waals surface area (Å²) < 4.78 is 0. The van der Waals surface area contributed by atoms with Crippen LogP contribution < -0.4 is 0 Å². The Bertz CT molecular complexity index is 373. The number of benzene rings is 1. The van der Waals surface area contributed by atoms with E-state index in [9.17, 15) is 5.11 Å². The number of hydrogen-bond donors (Lipinski definition) is 1. The van der Waals surface area contributed by atoms with Gasteiger partial charge in [-0.3, -0.25) is 4.90 Å². The predicted molar refractivity (Wildman–Crippen MR) is 80.0 cm³/mol. The highest BCUT2D eigenvalue weighted by atomic mass is 16.3. The summed E-state index contributed by atoms with van der Waals surface area (Å²) in [6.45, 7) is 8.10. The minimum atomic E-state index is 0.328. The first-order chi connectivity index (χ1) is 9.17. The van der Waals surface area contributed by atoms with E-state index < -0.39 is 0 Å². The molecule has 19 heavy (non-hydrogen) atoms. The number of hydrogen-bond acceptors (Lipinski definition) is 2. The maximum atomic E-state index is 9.18. The van der Waals surface area contributed by atoms with Crippen LogP contribution in [0.5, 0.6) is 0 Å². The van der Waals surface area contributed by atoms with Gasteiger partial charge in [0.2, 0.25) is 0 Å². The average molecular weight is 261 g/mol. The van der Waals surface area contributed by atoms with E-state index >= 15 is 0 Å². The Morgan fingerprint density at radius 2 is 2.05 bits per heavy atom. The van der Waals surface area contributed by atoms with Crippen molar-refractivity contribution < 1.29 is 5.11 Å². The molecule has 1 fully saturated rings. The molecule has 0 spiro atoms. The van der Waals surface area contributed by atoms with Crippen LogP contribution in [0.2, 0.25) is 0 Å². The summed E-state index contributed by atoms with van der Waals surface area (Å²) in [7, 11) is 0. The van der Waals surface area contributed by atoms with E-state index in [0.29, 0.717) is 12.5 Å². The molecule has 0 bridgehead atoms. The van der Waals surface area contributed by atoms with Gasteiger partial charge in [0.05, 0.1) is 0 Å². The molecule has 1 aromatic rings. The number of aliphatic hydroxyl groups is 1. The van der Waals surface area contributed by atoms with Gasteiger partial charge in [-0.05, 0) is 50.1 Å². The van der Waals surface area contributed by atoms with Gasteiger partial charge in [-0.2, -0.15) is 0 Å². The van der Waals surface area contributed by atoms with Gasteiger partial charge in [-0.1, -0.05) is 36.8 Å². The lowest BCUT2D eigenvalue weighted by atomic mass is 9.89. The molecule has 1 aliphatic rings. The molecule has 0 aromatic heterocycles. The fraction of sp³-hybridized carbons (Fsp3) is 0.647. The summed E-state index contributed by atoms with van der Waals surface area (Å²) in [5.41, 5.74) is 2.75. The zero-order valence-electron chi connectivity index (χ0n) is 12.3. The van der Waals surface area contributed by atoms with Crippen molar-refractivity contribution in [3.05, 3.63) is 35.4 Å². The third-order valence-electron chi connectivity index (χ3n) is 4.18. The largest absolute Gasteiger partial charge is 0.396 e. The first kappa shape index (κ1) is 14.5. The lowest BCUT2D eigenvalue weighted by molar-refractivity contribution is 0.134. The molecule has 0 amide bonds. The number of aliphatic hydroxyl groups excluding tert-OH is 1. The maximum Gasteiger partial charge on any atom is 0.0456 e. The summed E-state index contributed by atoms with van der Waals surface area (Å²) in [5, 5.41) is 9.18. The van der Waals surface area contributed by atoms with Crippen molar-refractivity contribution in [2.45, 2.75) is 39.7 Å². The Morgan fingerprint density at radius 3 is 2.74 bits per heavy atom. The van der Waals surface area contributed by atoms with Crippen molar-refractivity contribution in [3.8, 4) is 0 Å². The lowest BCUT2D eigenvalue weighted by Gasteiger charge is -2.33. The Balaban J connectivity index is 1.85. The van der Waals surface area contributed by atoms with Crippen molar-refractivity contribution in [3.63, 3.8) is 0 Å². The monoisotopic (exact) mass is 261 g/mol. The van der Waals surface area contributed by atoms with E-state index in [1.807, 2.05) is 0 Å². The number of likely N-dealkylation sites (tertiary alicyclic amines) is 1. The van der Waals surface area contributed by atoms with Crippen molar-refractivity contribution in [1.29, 1.82) is 0 Å². The van der Waals surface area contributed by atoms with Crippen LogP contribution in [0.3, 0.4) is 0 Å². The van der Waals surface area contributed by atoms with Gasteiger partial charge in [0.1, 0.15) is 0 Å². The van der Waals surface area contributed by atoms with Crippen LogP contribution in [0.15, 0.2) is 24.3 Å². The molecule has 2 heteroatoms. The van der Waals surface area contributed by atoms with Crippen molar-refractivity contribution in [2.75, 3.05) is 19.7 Å². The van der Waals surface area contributed by atoms with Crippen molar-refractivity contribution in [2.24, 2.45) is 11.8 Å². The molecule has 2 nitrogen and oxygen atoms in total. The van der Waals surface area contributed by atoms with E-state index in [0.717, 1.165) is 12.5 Å². The first-order valence-corrected chi connectivity index (χ1v) is 7.56. The third-order valence-corrected chi connectivity index (χ3v) is 4.18. The third kappa shape index (κ3) is 4.63. The molecule has 1 aromatic carbocycles. The predicted octanol–water partition coefficient (Wildman–Crippen LogP) is 3.23. The molecule has 2 atom stereocenters. The van der Waals surface area contributed by atoms with Gasteiger partial charge in [0.15, 0.2) is 0 Å². The van der Waals surface area contributed by atoms with Gasteiger partial charge in [-0.15, -0.1) is 0 Å². The maximum absolute atomic E-state index is 9.18. The molecule has 106 valence electrons. The van der Waals surface area contributed by atoms with E-state index in [4.69, 9.17) is 0 Å². The zero-order chi connectivity index (χ0) is 13.7. The topological polar surface area (TPSA) is 23.5 Å². The quantitative estimate of drug-likeness (QED) is 0.879. The summed E-state index contributed by atoms with van der Waals surface area (Å²) in [4.78, 5) is 2.57. The number of piperidine rings is 1. The van der Waals surface area contributed by atoms with Crippen molar-refractivity contribution in [1.82, 2.24) is 4.90 Å². The number of aryl methyl sites for hydroxylation is 1. The molecule has 1 aliphatic heterocycles. The first-order valence-electron chi connectivity index (χ1n) is 7.56. The van der Waals surface area contributed by atoms with Crippen LogP contribution in [-0.2, 0) is 6.54 Å². The van der Waals surface area contributed by atoms with E-state index in [2.05, 4.69) is 43.0 Å². The summed E-state index contributed by atoms with van der Waals surface area (Å²) in [5.74, 6) is 1.21. The molecule has 1 saturated heterocycles. The van der Waals surface area contributed by atoms with Gasteiger partial charge in [-0.25, -0.2) is 0 Å². The minimum absolute atomic E-state index is 0.328. The molecule has 2 unspecified atom stereocenters. The van der Waals surface area contributed by atoms with Gasteiger partial charge in [0, 0.05) is 19.7 Å². The van der Waals surface area contributed by atoms with Crippen LogP contribution in [0, 0.1) is 18.8 Å². The summed E-state index contributed by atoms with van der Waals surface area (Å²) >= 11 is 0. The van der Waals surface area contributed by atoms with Gasteiger partial charge >= 0.3 is 0 Å². The van der Waals surface area contributed by atoms with Crippen LogP contribution in [-0.4, -0.2) is 29.7 Å². The SMILES string of the molecule is Cc1ccc(CN2CCCC(CC(C)CO)C2)cc1. The second-order valence-corrected chi connectivity index (χ2v) is 6.25. The summed E-state index contributed by atoms with van der Waals surface area (Å²) in [6, 6.07) is 8.89. The van der Waals surface area contributed by atoms with Crippen LogP contribution in [0.25, 0.3) is 0 Å². The molecular weight excluding hydrogens is 234 g/mol. The lowest BCUT2D eigenvalue weighted by Crippen LogP contribution is -2.35. The number of rotatable bonds is 5. The second-order valence-electron chi connectivity index (χ2n) is 6.25. The fourth-order valence-corrected chi connectivity index (χ4v) is 3.08. The fourth-order valence-electron chi connectivity index (χ4n) is 3.08. The molecule has 1 N–H and O–H groups in total. The summed E-state index contributed by atoms with van der Waals surface area (Å²) in [6.07, 6.45) is 3.80. The molecule has 0 aliphatic carbocycles. The zero-order valence-corrected chi connectivity index (χ0v) is 12.3. The molecule has 0 radical (unpaired) electrons. The Hall–Kier alpha value is -0.860. The molecular formula is C17H27NO. The highest BCUT2D eigenvalue weighted by molar-refractivity contribution is 5.21. The number of nitrogens with zero attached hydrogens (tertiary/aromatic N) is 1. The Kier molecular flexibility index (Phi) is 5.41. The van der Waals surface area contributed by atoms with Crippen LogP contribution in [0.1, 0.15) is 37.3 Å². The molecule has 1 heterocycles. The second kappa shape index (κ2) is 7.06. The van der Waals surface area contributed by atoms with Crippen molar-refractivity contribution >= 4 is 0 Å². The van der Waals surface area contributed by atoms with Gasteiger partial charge in [0.25, 0.3) is 0 Å². The highest BCUT2D eigenvalue weighted by Crippen LogP contribution is 2.24. The van der Waals surface area contributed by atoms with E-state index in [1.165, 1.54) is 43.5 Å². The van der Waals surface area contributed by atoms with E-state index in [1.54, 1.807) is 0 Å².